The van der Waals surface area contributed by atoms with E-state index in [1.807, 2.05) is 30.3 Å². The van der Waals surface area contributed by atoms with E-state index < -0.39 is 0 Å². The molecule has 0 aliphatic carbocycles. The van der Waals surface area contributed by atoms with Crippen LogP contribution in [0.1, 0.15) is 12.5 Å². The zero-order valence-corrected chi connectivity index (χ0v) is 14.9. The van der Waals surface area contributed by atoms with Gasteiger partial charge in [0.25, 0.3) is 5.91 Å². The van der Waals surface area contributed by atoms with Gasteiger partial charge in [-0.1, -0.05) is 29.8 Å². The smallest absolute Gasteiger partial charge is 0.280 e. The summed E-state index contributed by atoms with van der Waals surface area (Å²) in [4.78, 5) is 12.7. The molecule has 3 rings (SSSR count). The summed E-state index contributed by atoms with van der Waals surface area (Å²) in [6.45, 7) is 1.80. The van der Waals surface area contributed by atoms with E-state index in [2.05, 4.69) is 5.10 Å². The molecule has 128 valence electrons. The van der Waals surface area contributed by atoms with Gasteiger partial charge in [0.15, 0.2) is 11.5 Å². The number of carbonyl (C=O) groups excluding carboxylic acids is 1. The lowest BCUT2D eigenvalue weighted by Gasteiger charge is -2.12. The number of carbonyl (C=O) groups is 1. The van der Waals surface area contributed by atoms with Crippen LogP contribution >= 0.6 is 11.6 Å². The topological polar surface area (TPSA) is 51.1 Å². The number of rotatable bonds is 4. The first-order valence-corrected chi connectivity index (χ1v) is 8.01. The van der Waals surface area contributed by atoms with Gasteiger partial charge < -0.3 is 9.47 Å². The van der Waals surface area contributed by atoms with Crippen LogP contribution < -0.4 is 14.5 Å². The Balaban J connectivity index is 1.99. The van der Waals surface area contributed by atoms with E-state index in [4.69, 9.17) is 21.1 Å². The van der Waals surface area contributed by atoms with Crippen molar-refractivity contribution in [1.29, 1.82) is 0 Å². The molecule has 2 aromatic carbocycles. The molecule has 0 saturated heterocycles. The molecule has 0 radical (unpaired) electrons. The molecule has 0 bridgehead atoms. The molecule has 0 saturated carbocycles. The maximum absolute atomic E-state index is 12.7. The lowest BCUT2D eigenvalue weighted by atomic mass is 10.1. The monoisotopic (exact) mass is 356 g/mol. The van der Waals surface area contributed by atoms with Crippen molar-refractivity contribution in [3.63, 3.8) is 0 Å². The molecule has 0 N–H and O–H groups in total. The molecule has 2 aromatic rings. The Kier molecular flexibility index (Phi) is 4.76. The summed E-state index contributed by atoms with van der Waals surface area (Å²) >= 11 is 6.24. The van der Waals surface area contributed by atoms with Crippen LogP contribution in [0.5, 0.6) is 11.5 Å². The van der Waals surface area contributed by atoms with E-state index >= 15 is 0 Å². The van der Waals surface area contributed by atoms with Gasteiger partial charge in [-0.25, -0.2) is 0 Å². The van der Waals surface area contributed by atoms with Gasteiger partial charge in [-0.05, 0) is 42.8 Å². The highest BCUT2D eigenvalue weighted by Gasteiger charge is 2.28. The maximum Gasteiger partial charge on any atom is 0.280 e. The number of benzene rings is 2. The Bertz CT molecular complexity index is 876. The van der Waals surface area contributed by atoms with E-state index in [1.54, 1.807) is 25.1 Å². The van der Waals surface area contributed by atoms with E-state index in [0.29, 0.717) is 27.8 Å². The number of hydrogen-bond donors (Lipinski definition) is 0. The lowest BCUT2D eigenvalue weighted by molar-refractivity contribution is -0.114. The van der Waals surface area contributed by atoms with Crippen LogP contribution in [-0.2, 0) is 4.79 Å². The highest BCUT2D eigenvalue weighted by atomic mass is 35.5. The van der Waals surface area contributed by atoms with E-state index in [-0.39, 0.29) is 5.91 Å². The molecule has 1 heterocycles. The van der Waals surface area contributed by atoms with Crippen molar-refractivity contribution in [2.24, 2.45) is 5.10 Å². The van der Waals surface area contributed by atoms with Gasteiger partial charge in [0.1, 0.15) is 0 Å². The third-order valence-electron chi connectivity index (χ3n) is 3.83. The largest absolute Gasteiger partial charge is 0.493 e. The molecule has 0 unspecified atom stereocenters. The fourth-order valence-electron chi connectivity index (χ4n) is 2.62. The molecule has 0 aromatic heterocycles. The Morgan fingerprint density at radius 1 is 1.12 bits per heavy atom. The number of ether oxygens (including phenoxy) is 2. The lowest BCUT2D eigenvalue weighted by Crippen LogP contribution is -2.21. The van der Waals surface area contributed by atoms with Crippen LogP contribution in [0.25, 0.3) is 6.08 Å². The molecule has 25 heavy (non-hydrogen) atoms. The molecular weight excluding hydrogens is 340 g/mol. The summed E-state index contributed by atoms with van der Waals surface area (Å²) in [5, 5.41) is 6.16. The minimum absolute atomic E-state index is 0.186. The highest BCUT2D eigenvalue weighted by Crippen LogP contribution is 2.37. The normalized spacial score (nSPS) is 15.5. The first-order valence-electron chi connectivity index (χ1n) is 7.63. The minimum atomic E-state index is -0.186. The number of methoxy groups -OCH3 is 2. The Morgan fingerprint density at radius 2 is 1.84 bits per heavy atom. The Morgan fingerprint density at radius 3 is 2.48 bits per heavy atom. The van der Waals surface area contributed by atoms with Crippen molar-refractivity contribution in [1.82, 2.24) is 0 Å². The van der Waals surface area contributed by atoms with Gasteiger partial charge in [-0.15, -0.1) is 0 Å². The van der Waals surface area contributed by atoms with Crippen molar-refractivity contribution in [3.05, 3.63) is 58.6 Å². The zero-order valence-electron chi connectivity index (χ0n) is 14.1. The maximum atomic E-state index is 12.7. The molecule has 1 aliphatic rings. The number of amides is 1. The highest BCUT2D eigenvalue weighted by molar-refractivity contribution is 6.33. The summed E-state index contributed by atoms with van der Waals surface area (Å²) < 4.78 is 10.5. The number of hydrogen-bond acceptors (Lipinski definition) is 4. The summed E-state index contributed by atoms with van der Waals surface area (Å²) in [5.41, 5.74) is 2.60. The fraction of sp³-hybridized carbons (Fsp3) is 0.158. The van der Waals surface area contributed by atoms with E-state index in [0.717, 1.165) is 11.3 Å². The van der Waals surface area contributed by atoms with Crippen molar-refractivity contribution in [2.75, 3.05) is 19.2 Å². The van der Waals surface area contributed by atoms with Gasteiger partial charge in [-0.3, -0.25) is 4.79 Å². The zero-order chi connectivity index (χ0) is 18.0. The second-order valence-electron chi connectivity index (χ2n) is 5.43. The second-order valence-corrected chi connectivity index (χ2v) is 5.84. The molecule has 0 atom stereocenters. The standard InChI is InChI=1S/C19H17ClN2O3/c1-12-15(19(23)22(21-12)14-7-5-4-6-8-14)9-13-10-16(20)18(25-3)17(11-13)24-2/h4-11H,1-3H3/b15-9+. The van der Waals surface area contributed by atoms with E-state index in [1.165, 1.54) is 19.2 Å². The van der Waals surface area contributed by atoms with Crippen molar-refractivity contribution < 1.29 is 14.3 Å². The van der Waals surface area contributed by atoms with Gasteiger partial charge in [-0.2, -0.15) is 10.1 Å². The molecule has 6 heteroatoms. The van der Waals surface area contributed by atoms with Gasteiger partial charge >= 0.3 is 0 Å². The molecule has 5 nitrogen and oxygen atoms in total. The number of anilines is 1. The molecule has 0 spiro atoms. The average Bonchev–Trinajstić information content (AvgIpc) is 2.90. The van der Waals surface area contributed by atoms with Crippen LogP contribution in [0.4, 0.5) is 5.69 Å². The Hall–Kier alpha value is -2.79. The van der Waals surface area contributed by atoms with Crippen LogP contribution in [0.3, 0.4) is 0 Å². The van der Waals surface area contributed by atoms with Crippen LogP contribution in [-0.4, -0.2) is 25.8 Å². The number of para-hydroxylation sites is 1. The average molecular weight is 357 g/mol. The van der Waals surface area contributed by atoms with Crippen LogP contribution in [0, 0.1) is 0 Å². The van der Waals surface area contributed by atoms with Crippen LogP contribution in [0.2, 0.25) is 5.02 Å². The van der Waals surface area contributed by atoms with Crippen molar-refractivity contribution in [3.8, 4) is 11.5 Å². The first-order chi connectivity index (χ1) is 12.0. The van der Waals surface area contributed by atoms with Crippen molar-refractivity contribution >= 4 is 35.0 Å². The minimum Gasteiger partial charge on any atom is -0.493 e. The quantitative estimate of drug-likeness (QED) is 0.773. The predicted molar refractivity (Wildman–Crippen MR) is 99.6 cm³/mol. The summed E-state index contributed by atoms with van der Waals surface area (Å²) in [6, 6.07) is 12.8. The molecule has 1 amide bonds. The molecular formula is C19H17ClN2O3. The third-order valence-corrected chi connectivity index (χ3v) is 4.11. The van der Waals surface area contributed by atoms with Gasteiger partial charge in [0.2, 0.25) is 0 Å². The summed E-state index contributed by atoms with van der Waals surface area (Å²) in [6.07, 6.45) is 1.75. The van der Waals surface area contributed by atoms with Crippen molar-refractivity contribution in [2.45, 2.75) is 6.92 Å². The van der Waals surface area contributed by atoms with Gasteiger partial charge in [0.05, 0.1) is 36.2 Å². The summed E-state index contributed by atoms with van der Waals surface area (Å²) in [7, 11) is 3.06. The number of halogens is 1. The SMILES string of the molecule is COc1cc(/C=C2/C(=O)N(c3ccccc3)N=C2C)cc(Cl)c1OC. The second kappa shape index (κ2) is 6.99. The van der Waals surface area contributed by atoms with Crippen LogP contribution in [0.15, 0.2) is 53.1 Å². The Labute approximate surface area is 151 Å². The fourth-order valence-corrected chi connectivity index (χ4v) is 2.91. The number of hydrazone groups is 1. The molecule has 1 aliphatic heterocycles. The third kappa shape index (κ3) is 3.23. The first kappa shape index (κ1) is 17.0. The van der Waals surface area contributed by atoms with Gasteiger partial charge in [0, 0.05) is 0 Å². The summed E-state index contributed by atoms with van der Waals surface area (Å²) in [5.74, 6) is 0.775. The predicted octanol–water partition coefficient (Wildman–Crippen LogP) is 4.16. The van der Waals surface area contributed by atoms with E-state index in [9.17, 15) is 4.79 Å². The molecule has 0 fully saturated rings. The number of nitrogens with zero attached hydrogens (tertiary/aromatic N) is 2.